The topological polar surface area (TPSA) is 85.3 Å². The van der Waals surface area contributed by atoms with Gasteiger partial charge in [-0.3, -0.25) is 4.90 Å². The minimum Gasteiger partial charge on any atom is -0.378 e. The van der Waals surface area contributed by atoms with Crippen molar-refractivity contribution in [3.05, 3.63) is 35.8 Å². The van der Waals surface area contributed by atoms with Gasteiger partial charge in [-0.25, -0.2) is 9.67 Å². The minimum atomic E-state index is 0.423. The molecule has 0 spiro atoms. The second kappa shape index (κ2) is 8.11. The molecule has 2 aliphatic heterocycles. The molecular weight excluding hydrogens is 330 g/mol. The summed E-state index contributed by atoms with van der Waals surface area (Å²) in [5.74, 6) is 1.11. The Bertz CT molecular complexity index is 705. The maximum atomic E-state index is 5.63. The van der Waals surface area contributed by atoms with Gasteiger partial charge in [0.05, 0.1) is 31.1 Å². The molecule has 0 radical (unpaired) electrons. The van der Waals surface area contributed by atoms with Gasteiger partial charge in [0.1, 0.15) is 5.82 Å². The molecule has 2 aromatic heterocycles. The Kier molecular flexibility index (Phi) is 5.42. The summed E-state index contributed by atoms with van der Waals surface area (Å²) in [5.41, 5.74) is 7.80. The van der Waals surface area contributed by atoms with Crippen molar-refractivity contribution in [3.8, 4) is 0 Å². The second-order valence-electron chi connectivity index (χ2n) is 6.99. The zero-order valence-electron chi connectivity index (χ0n) is 15.1. The number of hydrogen-bond donors (Lipinski definition) is 1. The number of pyridine rings is 1. The molecule has 4 rings (SSSR count). The highest BCUT2D eigenvalue weighted by molar-refractivity contribution is 5.47. The molecule has 0 aliphatic carbocycles. The van der Waals surface area contributed by atoms with E-state index in [1.54, 1.807) is 0 Å². The molecule has 2 fully saturated rings. The average molecular weight is 357 g/mol. The lowest BCUT2D eigenvalue weighted by atomic mass is 10.0. The van der Waals surface area contributed by atoms with E-state index in [1.807, 2.05) is 23.1 Å². The molecule has 2 N–H and O–H groups in total. The number of morpholine rings is 1. The van der Waals surface area contributed by atoms with E-state index >= 15 is 0 Å². The zero-order chi connectivity index (χ0) is 17.8. The van der Waals surface area contributed by atoms with Gasteiger partial charge in [0.15, 0.2) is 0 Å². The van der Waals surface area contributed by atoms with Crippen molar-refractivity contribution in [2.24, 2.45) is 5.73 Å². The Labute approximate surface area is 153 Å². The molecule has 8 heteroatoms. The Morgan fingerprint density at radius 3 is 2.69 bits per heavy atom. The lowest BCUT2D eigenvalue weighted by Gasteiger charge is -2.34. The number of anilines is 1. The monoisotopic (exact) mass is 357 g/mol. The highest BCUT2D eigenvalue weighted by atomic mass is 16.5. The number of nitrogens with two attached hydrogens (primary N) is 1. The van der Waals surface area contributed by atoms with Crippen LogP contribution in [-0.2, 0) is 17.8 Å². The van der Waals surface area contributed by atoms with E-state index in [1.165, 1.54) is 5.56 Å². The Morgan fingerprint density at radius 1 is 1.15 bits per heavy atom. The first-order chi connectivity index (χ1) is 12.8. The molecule has 140 valence electrons. The maximum Gasteiger partial charge on any atom is 0.133 e. The summed E-state index contributed by atoms with van der Waals surface area (Å²) in [4.78, 5) is 9.51. The van der Waals surface area contributed by atoms with E-state index in [2.05, 4.69) is 31.2 Å². The summed E-state index contributed by atoms with van der Waals surface area (Å²) in [5, 5.41) is 8.35. The second-order valence-corrected chi connectivity index (χ2v) is 6.99. The van der Waals surface area contributed by atoms with E-state index in [4.69, 9.17) is 10.5 Å². The number of ether oxygens (including phenoxy) is 1. The van der Waals surface area contributed by atoms with Gasteiger partial charge in [-0.1, -0.05) is 11.3 Å². The van der Waals surface area contributed by atoms with Gasteiger partial charge in [-0.2, -0.15) is 0 Å². The summed E-state index contributed by atoms with van der Waals surface area (Å²) in [6.07, 6.45) is 6.04. The first kappa shape index (κ1) is 17.4. The van der Waals surface area contributed by atoms with Gasteiger partial charge in [0, 0.05) is 51.0 Å². The molecule has 26 heavy (non-hydrogen) atoms. The van der Waals surface area contributed by atoms with Crippen LogP contribution >= 0.6 is 0 Å². The highest BCUT2D eigenvalue weighted by Gasteiger charge is 2.23. The van der Waals surface area contributed by atoms with E-state index in [0.717, 1.165) is 70.3 Å². The van der Waals surface area contributed by atoms with Gasteiger partial charge >= 0.3 is 0 Å². The van der Waals surface area contributed by atoms with Crippen molar-refractivity contribution in [1.29, 1.82) is 0 Å². The lowest BCUT2D eigenvalue weighted by Crippen LogP contribution is -2.38. The van der Waals surface area contributed by atoms with Crippen LogP contribution in [0.5, 0.6) is 0 Å². The summed E-state index contributed by atoms with van der Waals surface area (Å²) < 4.78 is 7.46. The first-order valence-corrected chi connectivity index (χ1v) is 9.43. The number of rotatable bonds is 5. The molecule has 0 bridgehead atoms. The molecular formula is C18H27N7O. The van der Waals surface area contributed by atoms with Crippen LogP contribution in [0.2, 0.25) is 0 Å². The fourth-order valence-electron chi connectivity index (χ4n) is 3.78. The number of aromatic nitrogens is 4. The molecule has 0 aromatic carbocycles. The van der Waals surface area contributed by atoms with Gasteiger partial charge in [0.25, 0.3) is 0 Å². The predicted molar refractivity (Wildman–Crippen MR) is 98.7 cm³/mol. The molecule has 0 saturated carbocycles. The summed E-state index contributed by atoms with van der Waals surface area (Å²) in [6, 6.07) is 4.66. The van der Waals surface area contributed by atoms with E-state index < -0.39 is 0 Å². The fraction of sp³-hybridized carbons (Fsp3) is 0.611. The van der Waals surface area contributed by atoms with Crippen molar-refractivity contribution in [2.75, 3.05) is 44.3 Å². The predicted octanol–water partition coefficient (Wildman–Crippen LogP) is 0.805. The van der Waals surface area contributed by atoms with E-state index in [0.29, 0.717) is 12.6 Å². The maximum absolute atomic E-state index is 5.63. The largest absolute Gasteiger partial charge is 0.378 e. The van der Waals surface area contributed by atoms with Crippen LogP contribution in [0.3, 0.4) is 0 Å². The van der Waals surface area contributed by atoms with E-state index in [-0.39, 0.29) is 0 Å². The molecule has 4 heterocycles. The van der Waals surface area contributed by atoms with Crippen molar-refractivity contribution < 1.29 is 4.74 Å². The van der Waals surface area contributed by atoms with Gasteiger partial charge in [-0.15, -0.1) is 5.10 Å². The third kappa shape index (κ3) is 3.87. The number of piperidine rings is 1. The van der Waals surface area contributed by atoms with E-state index in [9.17, 15) is 0 Å². The molecule has 0 unspecified atom stereocenters. The van der Waals surface area contributed by atoms with Crippen molar-refractivity contribution in [3.63, 3.8) is 0 Å². The number of nitrogens with zero attached hydrogens (tertiary/aromatic N) is 6. The van der Waals surface area contributed by atoms with Crippen molar-refractivity contribution >= 4 is 5.82 Å². The van der Waals surface area contributed by atoms with Crippen molar-refractivity contribution in [1.82, 2.24) is 24.9 Å². The fourth-order valence-corrected chi connectivity index (χ4v) is 3.78. The highest BCUT2D eigenvalue weighted by Crippen LogP contribution is 2.25. The van der Waals surface area contributed by atoms with Crippen LogP contribution in [0.15, 0.2) is 24.5 Å². The van der Waals surface area contributed by atoms with Crippen LogP contribution in [0.25, 0.3) is 0 Å². The summed E-state index contributed by atoms with van der Waals surface area (Å²) in [7, 11) is 0. The minimum absolute atomic E-state index is 0.423. The van der Waals surface area contributed by atoms with Crippen LogP contribution in [0.4, 0.5) is 5.82 Å². The smallest absolute Gasteiger partial charge is 0.133 e. The van der Waals surface area contributed by atoms with Gasteiger partial charge in [0.2, 0.25) is 0 Å². The standard InChI is InChI=1S/C18H27N7O/c19-12-16-14-25(22-21-16)17-3-6-23(7-4-17)13-15-2-1-5-20-18(15)24-8-10-26-11-9-24/h1-2,5,14,17H,3-4,6-13,19H2. The lowest BCUT2D eigenvalue weighted by molar-refractivity contribution is 0.122. The molecule has 0 amide bonds. The molecule has 8 nitrogen and oxygen atoms in total. The third-order valence-electron chi connectivity index (χ3n) is 5.27. The van der Waals surface area contributed by atoms with Crippen molar-refractivity contribution in [2.45, 2.75) is 32.0 Å². The first-order valence-electron chi connectivity index (χ1n) is 9.43. The zero-order valence-corrected chi connectivity index (χ0v) is 15.1. The Hall–Kier alpha value is -2.03. The third-order valence-corrected chi connectivity index (χ3v) is 5.27. The van der Waals surface area contributed by atoms with Crippen LogP contribution in [-0.4, -0.2) is 64.3 Å². The van der Waals surface area contributed by atoms with Crippen LogP contribution in [0.1, 0.15) is 30.1 Å². The van der Waals surface area contributed by atoms with Gasteiger partial charge < -0.3 is 15.4 Å². The van der Waals surface area contributed by atoms with Gasteiger partial charge in [-0.05, 0) is 18.9 Å². The Morgan fingerprint density at radius 2 is 1.96 bits per heavy atom. The normalized spacial score (nSPS) is 19.8. The average Bonchev–Trinajstić information content (AvgIpc) is 3.19. The molecule has 2 saturated heterocycles. The molecule has 2 aromatic rings. The molecule has 0 atom stereocenters. The quantitative estimate of drug-likeness (QED) is 0.847. The summed E-state index contributed by atoms with van der Waals surface area (Å²) >= 11 is 0. The van der Waals surface area contributed by atoms with Crippen LogP contribution in [0, 0.1) is 0 Å². The summed E-state index contributed by atoms with van der Waals surface area (Å²) in [6.45, 7) is 6.90. The number of hydrogen-bond acceptors (Lipinski definition) is 7. The molecule has 2 aliphatic rings. The van der Waals surface area contributed by atoms with Crippen LogP contribution < -0.4 is 10.6 Å². The Balaban J connectivity index is 1.37. The SMILES string of the molecule is NCc1cn(C2CCN(Cc3cccnc3N3CCOCC3)CC2)nn1. The number of likely N-dealkylation sites (tertiary alicyclic amines) is 1.